The van der Waals surface area contributed by atoms with E-state index in [0.29, 0.717) is 100.0 Å². The molecular formula is C49H56Cl2FN9O8. The molecule has 0 radical (unpaired) electrons. The molecule has 0 spiro atoms. The number of benzene rings is 4. The number of morpholine rings is 1. The molecule has 3 saturated heterocycles. The number of anilines is 4. The lowest BCUT2D eigenvalue weighted by molar-refractivity contribution is 0.0261. The van der Waals surface area contributed by atoms with E-state index >= 15 is 0 Å². The zero-order valence-corrected chi connectivity index (χ0v) is 40.2. The van der Waals surface area contributed by atoms with E-state index in [2.05, 4.69) is 52.3 Å². The number of aromatic nitrogens is 4. The Labute approximate surface area is 410 Å². The summed E-state index contributed by atoms with van der Waals surface area (Å²) < 4.78 is 59.9. The normalized spacial score (nSPS) is 16.8. The van der Waals surface area contributed by atoms with Crippen molar-refractivity contribution in [1.82, 2.24) is 34.6 Å². The molecule has 4 aliphatic rings. The van der Waals surface area contributed by atoms with Crippen LogP contribution in [0.3, 0.4) is 0 Å². The number of hydrogen-bond donors (Lipinski definition) is 2. The summed E-state index contributed by atoms with van der Waals surface area (Å²) >= 11 is 12.4. The Balaban J connectivity index is 0.000000176. The average Bonchev–Trinajstić information content (AvgIpc) is 3.86. The topological polar surface area (TPSA) is 159 Å². The van der Waals surface area contributed by atoms with E-state index in [0.717, 1.165) is 95.6 Å². The Hall–Kier alpha value is -5.73. The van der Waals surface area contributed by atoms with E-state index in [4.69, 9.17) is 61.1 Å². The first-order valence-corrected chi connectivity index (χ1v) is 23.9. The molecule has 366 valence electrons. The molecule has 2 aromatic heterocycles. The summed E-state index contributed by atoms with van der Waals surface area (Å²) in [4.78, 5) is 24.9. The monoisotopic (exact) mass is 987 g/mol. The Morgan fingerprint density at radius 3 is 2.28 bits per heavy atom. The van der Waals surface area contributed by atoms with Crippen LogP contribution in [0, 0.1) is 5.82 Å². The summed E-state index contributed by atoms with van der Waals surface area (Å²) in [6, 6.07) is 15.5. The second kappa shape index (κ2) is 23.3. The van der Waals surface area contributed by atoms with Gasteiger partial charge in [0.05, 0.1) is 66.6 Å². The second-order valence-electron chi connectivity index (χ2n) is 16.9. The molecule has 17 nitrogen and oxygen atoms in total. The minimum atomic E-state index is -0.475. The molecule has 4 aromatic carbocycles. The summed E-state index contributed by atoms with van der Waals surface area (Å²) in [5.41, 5.74) is 2.62. The summed E-state index contributed by atoms with van der Waals surface area (Å²) in [7, 11) is 3.76. The van der Waals surface area contributed by atoms with Crippen LogP contribution in [0.5, 0.6) is 34.5 Å². The molecule has 4 aliphatic heterocycles. The van der Waals surface area contributed by atoms with Crippen LogP contribution in [-0.4, -0.2) is 154 Å². The van der Waals surface area contributed by atoms with Crippen LogP contribution in [0.4, 0.5) is 27.4 Å². The van der Waals surface area contributed by atoms with Crippen LogP contribution in [0.15, 0.2) is 67.3 Å². The Bertz CT molecular complexity index is 2690. The smallest absolute Gasteiger partial charge is 0.231 e. The van der Waals surface area contributed by atoms with Crippen LogP contribution in [0.1, 0.15) is 19.3 Å². The van der Waals surface area contributed by atoms with Crippen molar-refractivity contribution in [3.05, 3.63) is 83.1 Å². The van der Waals surface area contributed by atoms with Gasteiger partial charge < -0.3 is 53.4 Å². The van der Waals surface area contributed by atoms with Crippen LogP contribution in [0.2, 0.25) is 10.0 Å². The Morgan fingerprint density at radius 1 is 0.710 bits per heavy atom. The fourth-order valence-corrected chi connectivity index (χ4v) is 8.74. The lowest BCUT2D eigenvalue weighted by Crippen LogP contribution is -2.45. The minimum Gasteiger partial charge on any atom is -0.493 e. The van der Waals surface area contributed by atoms with Crippen molar-refractivity contribution in [2.24, 2.45) is 0 Å². The van der Waals surface area contributed by atoms with Gasteiger partial charge in [-0.3, -0.25) is 9.80 Å². The maximum absolute atomic E-state index is 13.5. The number of fused-ring (bicyclic) bond motifs is 3. The van der Waals surface area contributed by atoms with Crippen LogP contribution in [-0.2, 0) is 9.47 Å². The van der Waals surface area contributed by atoms with Gasteiger partial charge in [0.15, 0.2) is 23.0 Å². The summed E-state index contributed by atoms with van der Waals surface area (Å²) in [6.45, 7) is 12.2. The molecule has 6 heterocycles. The molecule has 0 amide bonds. The first-order chi connectivity index (χ1) is 33.8. The van der Waals surface area contributed by atoms with Gasteiger partial charge in [-0.15, -0.1) is 0 Å². The van der Waals surface area contributed by atoms with Gasteiger partial charge in [0.2, 0.25) is 6.79 Å². The zero-order valence-electron chi connectivity index (χ0n) is 38.7. The summed E-state index contributed by atoms with van der Waals surface area (Å²) in [6.07, 6.45) is 5.53. The number of methoxy groups -OCH3 is 1. The van der Waals surface area contributed by atoms with Crippen molar-refractivity contribution in [1.29, 1.82) is 0 Å². The van der Waals surface area contributed by atoms with Gasteiger partial charge in [-0.2, -0.15) is 0 Å². The fraction of sp³-hybridized carbons (Fsp3) is 0.429. The molecule has 0 unspecified atom stereocenters. The molecule has 0 saturated carbocycles. The molecule has 3 fully saturated rings. The predicted octanol–water partition coefficient (Wildman–Crippen LogP) is 8.22. The number of ether oxygens (including phenoxy) is 8. The maximum Gasteiger partial charge on any atom is 0.231 e. The molecule has 20 heteroatoms. The van der Waals surface area contributed by atoms with Crippen molar-refractivity contribution in [2.75, 3.05) is 124 Å². The standard InChI is InChI=1S/C27H32ClN5O5.C22H24ClFN4O3/c1-32-6-8-33(9-7-32)10-13-35-19-14-21-24(23(15-19)38-18-4-11-34-12-5-18)27(30-16-29-21)31-25-20(28)2-3-22-26(25)37-17-36-22;1-29-20-13-19-16(12-21(20)31-8-2-5-28-6-9-30-10-7-28)22(26-14-25-19)27-15-3-4-18(24)17(23)11-15/h2-3,14-16,18H,4-13,17H2,1H3,(H,29,30,31);3-4,11-14H,2,5-10H2,1H3,(H,25,26,27). The molecule has 6 aromatic rings. The highest BCUT2D eigenvalue weighted by Gasteiger charge is 2.25. The van der Waals surface area contributed by atoms with Crippen LogP contribution < -0.4 is 39.1 Å². The highest BCUT2D eigenvalue weighted by molar-refractivity contribution is 6.34. The number of nitrogens with one attached hydrogen (secondary N) is 2. The SMILES string of the molecule is CN1CCN(CCOc2cc(OC3CCOCC3)c3c(Nc4c(Cl)ccc5c4OCO5)ncnc3c2)CC1.COc1cc2ncnc(Nc3ccc(F)c(Cl)c3)c2cc1OCCCN1CCOCC1. The van der Waals surface area contributed by atoms with Crippen LogP contribution in [0.25, 0.3) is 21.8 Å². The van der Waals surface area contributed by atoms with Gasteiger partial charge >= 0.3 is 0 Å². The van der Waals surface area contributed by atoms with Gasteiger partial charge in [0, 0.05) is 94.5 Å². The molecule has 10 rings (SSSR count). The van der Waals surface area contributed by atoms with Crippen molar-refractivity contribution in [2.45, 2.75) is 25.4 Å². The number of rotatable bonds is 16. The van der Waals surface area contributed by atoms with Crippen molar-refractivity contribution in [3.8, 4) is 34.5 Å². The van der Waals surface area contributed by atoms with Crippen LogP contribution >= 0.6 is 23.2 Å². The van der Waals surface area contributed by atoms with Gasteiger partial charge in [0.25, 0.3) is 0 Å². The third-order valence-corrected chi connectivity index (χ3v) is 12.8. The second-order valence-corrected chi connectivity index (χ2v) is 17.7. The van der Waals surface area contributed by atoms with E-state index in [1.807, 2.05) is 24.3 Å². The first-order valence-electron chi connectivity index (χ1n) is 23.2. The molecule has 0 bridgehead atoms. The maximum atomic E-state index is 13.5. The predicted molar refractivity (Wildman–Crippen MR) is 262 cm³/mol. The average molecular weight is 989 g/mol. The molecule has 2 N–H and O–H groups in total. The molecular weight excluding hydrogens is 932 g/mol. The lowest BCUT2D eigenvalue weighted by atomic mass is 10.1. The van der Waals surface area contributed by atoms with E-state index in [1.54, 1.807) is 25.3 Å². The molecule has 0 aliphatic carbocycles. The zero-order chi connectivity index (χ0) is 47.5. The van der Waals surface area contributed by atoms with Crippen molar-refractivity contribution >= 4 is 68.0 Å². The number of hydrogen-bond acceptors (Lipinski definition) is 17. The first kappa shape index (κ1) is 48.3. The Kier molecular flexibility index (Phi) is 16.3. The largest absolute Gasteiger partial charge is 0.493 e. The number of halogens is 3. The minimum absolute atomic E-state index is 0.0295. The molecule has 69 heavy (non-hydrogen) atoms. The third-order valence-electron chi connectivity index (χ3n) is 12.2. The van der Waals surface area contributed by atoms with Crippen molar-refractivity contribution in [3.63, 3.8) is 0 Å². The number of nitrogens with zero attached hydrogens (tertiary/aromatic N) is 7. The Morgan fingerprint density at radius 2 is 1.48 bits per heavy atom. The quantitative estimate of drug-likeness (QED) is 0.0893. The highest BCUT2D eigenvalue weighted by Crippen LogP contribution is 2.46. The van der Waals surface area contributed by atoms with E-state index in [-0.39, 0.29) is 17.9 Å². The van der Waals surface area contributed by atoms with E-state index in [1.165, 1.54) is 24.8 Å². The summed E-state index contributed by atoms with van der Waals surface area (Å²) in [5.74, 6) is 4.43. The number of likely N-dealkylation sites (N-methyl/N-ethyl adjacent to an activating group) is 1. The fourth-order valence-electron chi connectivity index (χ4n) is 8.36. The van der Waals surface area contributed by atoms with Gasteiger partial charge in [-0.25, -0.2) is 24.3 Å². The molecule has 0 atom stereocenters. The van der Waals surface area contributed by atoms with Gasteiger partial charge in [-0.1, -0.05) is 23.2 Å². The van der Waals surface area contributed by atoms with E-state index < -0.39 is 5.82 Å². The number of piperazine rings is 1. The highest BCUT2D eigenvalue weighted by atomic mass is 35.5. The van der Waals surface area contributed by atoms with E-state index in [9.17, 15) is 4.39 Å². The van der Waals surface area contributed by atoms with Crippen molar-refractivity contribution < 1.29 is 42.3 Å². The van der Waals surface area contributed by atoms with Gasteiger partial charge in [0.1, 0.15) is 60.0 Å². The lowest BCUT2D eigenvalue weighted by Gasteiger charge is -2.32. The third kappa shape index (κ3) is 12.4. The summed E-state index contributed by atoms with van der Waals surface area (Å²) in [5, 5.41) is 8.57. The van der Waals surface area contributed by atoms with Gasteiger partial charge in [-0.05, 0) is 49.9 Å².